The largest absolute Gasteiger partial charge is 2.00 e. The van der Waals surface area contributed by atoms with Gasteiger partial charge in [-0.25, -0.2) is 0 Å². The molecule has 3 aromatic rings. The number of benzene rings is 3. The molecule has 0 saturated carbocycles. The van der Waals surface area contributed by atoms with Crippen LogP contribution >= 0.6 is 0 Å². The molecule has 0 fully saturated rings. The number of hydrogen-bond donors (Lipinski definition) is 0. The summed E-state index contributed by atoms with van der Waals surface area (Å²) in [5.74, 6) is 1.85. The molecule has 0 N–H and O–H groups in total. The molecule has 0 bridgehead atoms. The molecule has 0 nitrogen and oxygen atoms in total. The molecule has 3 aliphatic rings. The number of rotatable bonds is 3. The Labute approximate surface area is 228 Å². The van der Waals surface area contributed by atoms with Crippen molar-refractivity contribution in [2.75, 3.05) is 0 Å². The Morgan fingerprint density at radius 1 is 0.667 bits per heavy atom. The van der Waals surface area contributed by atoms with Crippen molar-refractivity contribution in [1.82, 2.24) is 0 Å². The molecule has 3 atom stereocenters. The van der Waals surface area contributed by atoms with Crippen LogP contribution in [0.15, 0.2) is 97.1 Å². The zero-order valence-electron chi connectivity index (χ0n) is 18.8. The van der Waals surface area contributed by atoms with Gasteiger partial charge in [-0.3, -0.25) is 0 Å². The maximum atomic E-state index is 2.46. The van der Waals surface area contributed by atoms with Gasteiger partial charge in [0, 0.05) is 11.8 Å². The van der Waals surface area contributed by atoms with Crippen molar-refractivity contribution >= 4 is 11.1 Å². The first-order valence-electron chi connectivity index (χ1n) is 11.1. The number of halogens is 2. The van der Waals surface area contributed by atoms with E-state index in [4.69, 9.17) is 0 Å². The Bertz CT molecular complexity index is 1310. The van der Waals surface area contributed by atoms with Crippen molar-refractivity contribution in [3.8, 4) is 11.1 Å². The average Bonchev–Trinajstić information content (AvgIpc) is 3.31. The van der Waals surface area contributed by atoms with Gasteiger partial charge in [0.2, 0.25) is 0 Å². The third kappa shape index (κ3) is 3.97. The van der Waals surface area contributed by atoms with E-state index in [1.807, 2.05) is 0 Å². The smallest absolute Gasteiger partial charge is 1.00 e. The molecule has 0 amide bonds. The fourth-order valence-electron chi connectivity index (χ4n) is 6.09. The van der Waals surface area contributed by atoms with Gasteiger partial charge in [-0.15, -0.1) is 0 Å². The summed E-state index contributed by atoms with van der Waals surface area (Å²) in [5, 5.41) is 2.87. The summed E-state index contributed by atoms with van der Waals surface area (Å²) in [6, 6.07) is 27.0. The predicted octanol–water partition coefficient (Wildman–Crippen LogP) is -0.166. The fourth-order valence-corrected chi connectivity index (χ4v) is 6.09. The Morgan fingerprint density at radius 2 is 1.21 bits per heavy atom. The molecule has 3 aliphatic carbocycles. The summed E-state index contributed by atoms with van der Waals surface area (Å²) >= 11 is 0. The molecule has 0 aromatic heterocycles. The van der Waals surface area contributed by atoms with Crippen molar-refractivity contribution in [2.24, 2.45) is 17.8 Å². The van der Waals surface area contributed by atoms with Gasteiger partial charge in [-0.2, -0.15) is 0 Å². The van der Waals surface area contributed by atoms with Gasteiger partial charge in [0.25, 0.3) is 0 Å². The van der Waals surface area contributed by atoms with Crippen LogP contribution in [0.4, 0.5) is 0 Å². The molecule has 0 spiro atoms. The van der Waals surface area contributed by atoms with E-state index in [0.29, 0.717) is 23.7 Å². The molecular weight excluding hydrogens is 522 g/mol. The fraction of sp³-hybridized carbons (Fsp3) is 0.200. The van der Waals surface area contributed by atoms with E-state index >= 15 is 0 Å². The van der Waals surface area contributed by atoms with Crippen LogP contribution in [-0.2, 0) is 26.2 Å². The molecule has 3 heteroatoms. The van der Waals surface area contributed by atoms with Crippen LogP contribution in [0.3, 0.4) is 0 Å². The van der Waals surface area contributed by atoms with Gasteiger partial charge in [0.15, 0.2) is 0 Å². The van der Waals surface area contributed by atoms with E-state index in [1.54, 1.807) is 5.57 Å². The Balaban J connectivity index is 0.00000102. The van der Waals surface area contributed by atoms with Crippen LogP contribution in [0.2, 0.25) is 0 Å². The maximum absolute atomic E-state index is 2.46. The quantitative estimate of drug-likeness (QED) is 0.427. The summed E-state index contributed by atoms with van der Waals surface area (Å²) in [5.41, 5.74) is 8.88. The number of allylic oxidation sites excluding steroid dienone is 4. The Hall–Kier alpha value is -1.66. The first-order chi connectivity index (χ1) is 14.8. The van der Waals surface area contributed by atoms with E-state index in [-0.39, 0.29) is 51.0 Å². The normalized spacial score (nSPS) is 18.7. The van der Waals surface area contributed by atoms with Crippen LogP contribution in [0, 0.1) is 17.8 Å². The molecule has 0 aliphatic heterocycles. The van der Waals surface area contributed by atoms with E-state index in [2.05, 4.69) is 111 Å². The van der Waals surface area contributed by atoms with E-state index in [1.165, 1.54) is 38.3 Å². The molecule has 6 rings (SSSR count). The summed E-state index contributed by atoms with van der Waals surface area (Å²) in [6.45, 7) is 4.92. The van der Waals surface area contributed by atoms with Gasteiger partial charge < -0.3 is 24.8 Å². The monoisotopic (exact) mass is 546 g/mol. The van der Waals surface area contributed by atoms with E-state index in [0.717, 1.165) is 0 Å². The molecule has 3 unspecified atom stereocenters. The third-order valence-corrected chi connectivity index (χ3v) is 7.60. The number of hydrogen-bond acceptors (Lipinski definition) is 0. The standard InChI is InChI=1S/C30H26.2ClH.Zr/c1-19(29-25-15-7-3-11-21(25)22-12-4-8-16-26(22)29)20(2)30-27-17-9-5-13-23(27)24-14-6-10-18-28(24)30;;;/h3-20,25,30H,1-2H3;2*1H;/q;;;+2/p-2. The van der Waals surface area contributed by atoms with E-state index < -0.39 is 0 Å². The average molecular weight is 549 g/mol. The minimum atomic E-state index is 0. The van der Waals surface area contributed by atoms with Crippen LogP contribution in [-0.4, -0.2) is 0 Å². The minimum absolute atomic E-state index is 0. The zero-order chi connectivity index (χ0) is 20.2. The van der Waals surface area contributed by atoms with Crippen molar-refractivity contribution in [1.29, 1.82) is 0 Å². The minimum Gasteiger partial charge on any atom is -1.00 e. The third-order valence-electron chi connectivity index (χ3n) is 7.60. The molecule has 0 heterocycles. The molecule has 0 saturated heterocycles. The number of fused-ring (bicyclic) bond motifs is 5. The first kappa shape index (κ1) is 26.0. The Kier molecular flexibility index (Phi) is 8.11. The molecule has 0 radical (unpaired) electrons. The second-order valence-corrected chi connectivity index (χ2v) is 8.98. The summed E-state index contributed by atoms with van der Waals surface area (Å²) in [6.07, 6.45) is 9.11. The van der Waals surface area contributed by atoms with E-state index in [9.17, 15) is 0 Å². The van der Waals surface area contributed by atoms with Crippen molar-refractivity contribution in [3.05, 3.63) is 119 Å². The second-order valence-electron chi connectivity index (χ2n) is 8.98. The van der Waals surface area contributed by atoms with Crippen molar-refractivity contribution in [2.45, 2.75) is 19.8 Å². The van der Waals surface area contributed by atoms with Crippen LogP contribution < -0.4 is 35.3 Å². The van der Waals surface area contributed by atoms with Gasteiger partial charge in [0.1, 0.15) is 0 Å². The topological polar surface area (TPSA) is 0 Å². The van der Waals surface area contributed by atoms with Crippen LogP contribution in [0.1, 0.15) is 30.9 Å². The van der Waals surface area contributed by atoms with Gasteiger partial charge >= 0.3 is 26.2 Å². The molecular formula is C30H26Cl2Zr. The van der Waals surface area contributed by atoms with Gasteiger partial charge in [-0.05, 0) is 55.7 Å². The van der Waals surface area contributed by atoms with Crippen LogP contribution in [0.5, 0.6) is 0 Å². The van der Waals surface area contributed by atoms with Crippen LogP contribution in [0.25, 0.3) is 22.3 Å². The molecule has 164 valence electrons. The summed E-state index contributed by atoms with van der Waals surface area (Å²) in [4.78, 5) is 0. The Morgan fingerprint density at radius 3 is 1.85 bits per heavy atom. The van der Waals surface area contributed by atoms with Gasteiger partial charge in [-0.1, -0.05) is 111 Å². The summed E-state index contributed by atoms with van der Waals surface area (Å²) in [7, 11) is 0. The predicted molar refractivity (Wildman–Crippen MR) is 126 cm³/mol. The van der Waals surface area contributed by atoms with Crippen molar-refractivity contribution < 1.29 is 51.0 Å². The SMILES string of the molecule is CC(C1=c2ccccc2=C2C=CC=CC21)C(C)C1c2ccccc2-c2ccccc21.[Cl-].[Cl-].[Zr+2]. The second kappa shape index (κ2) is 10.3. The molecule has 3 aromatic carbocycles. The molecule has 33 heavy (non-hydrogen) atoms. The summed E-state index contributed by atoms with van der Waals surface area (Å²) < 4.78 is 0. The maximum Gasteiger partial charge on any atom is 2.00 e. The first-order valence-corrected chi connectivity index (χ1v) is 11.1. The van der Waals surface area contributed by atoms with Gasteiger partial charge in [0.05, 0.1) is 0 Å². The van der Waals surface area contributed by atoms with Crippen molar-refractivity contribution in [3.63, 3.8) is 0 Å². The zero-order valence-corrected chi connectivity index (χ0v) is 22.8.